The van der Waals surface area contributed by atoms with Gasteiger partial charge in [-0.1, -0.05) is 11.6 Å². The molecular formula is C9H13ClN4O2S. The molecule has 1 saturated heterocycles. The fourth-order valence-corrected chi connectivity index (χ4v) is 3.58. The molecule has 94 valence electrons. The van der Waals surface area contributed by atoms with Crippen molar-refractivity contribution in [3.63, 3.8) is 0 Å². The van der Waals surface area contributed by atoms with Gasteiger partial charge in [0.25, 0.3) is 0 Å². The van der Waals surface area contributed by atoms with Crippen LogP contribution in [-0.4, -0.2) is 36.8 Å². The molecule has 0 spiro atoms. The maximum Gasteiger partial charge on any atom is 0.246 e. The van der Waals surface area contributed by atoms with Gasteiger partial charge >= 0.3 is 0 Å². The molecule has 2 heterocycles. The van der Waals surface area contributed by atoms with E-state index in [1.54, 1.807) is 0 Å². The molecule has 0 radical (unpaired) electrons. The van der Waals surface area contributed by atoms with Gasteiger partial charge in [0.1, 0.15) is 10.7 Å². The Morgan fingerprint density at radius 3 is 2.82 bits per heavy atom. The van der Waals surface area contributed by atoms with Crippen LogP contribution in [0.2, 0.25) is 5.02 Å². The molecule has 1 fully saturated rings. The van der Waals surface area contributed by atoms with Crippen molar-refractivity contribution in [1.82, 2.24) is 9.29 Å². The van der Waals surface area contributed by atoms with Crippen LogP contribution in [0.25, 0.3) is 0 Å². The first kappa shape index (κ1) is 12.6. The van der Waals surface area contributed by atoms with Crippen LogP contribution in [0.5, 0.6) is 0 Å². The lowest BCUT2D eigenvalue weighted by atomic mass is 10.3. The average molecular weight is 277 g/mol. The van der Waals surface area contributed by atoms with Gasteiger partial charge in [0.2, 0.25) is 10.0 Å². The smallest absolute Gasteiger partial charge is 0.246 e. The van der Waals surface area contributed by atoms with E-state index in [4.69, 9.17) is 23.1 Å². The van der Waals surface area contributed by atoms with Gasteiger partial charge in [-0.2, -0.15) is 4.31 Å². The van der Waals surface area contributed by atoms with Gasteiger partial charge in [0, 0.05) is 25.3 Å². The number of aromatic nitrogens is 1. The molecule has 4 N–H and O–H groups in total. The van der Waals surface area contributed by atoms with Crippen LogP contribution >= 0.6 is 11.6 Å². The number of rotatable bonds is 2. The van der Waals surface area contributed by atoms with Gasteiger partial charge < -0.3 is 11.5 Å². The summed E-state index contributed by atoms with van der Waals surface area (Å²) in [4.78, 5) is 3.69. The van der Waals surface area contributed by atoms with Gasteiger partial charge in [0.05, 0.1) is 5.02 Å². The molecule has 2 rings (SSSR count). The van der Waals surface area contributed by atoms with E-state index in [0.717, 1.165) is 0 Å². The zero-order valence-corrected chi connectivity index (χ0v) is 10.6. The van der Waals surface area contributed by atoms with Gasteiger partial charge in [-0.05, 0) is 12.5 Å². The number of hydrogen-bond donors (Lipinski definition) is 2. The maximum atomic E-state index is 12.2. The molecular weight excluding hydrogens is 264 g/mol. The summed E-state index contributed by atoms with van der Waals surface area (Å²) in [6.07, 6.45) is 1.96. The predicted molar refractivity (Wildman–Crippen MR) is 65.0 cm³/mol. The average Bonchev–Trinajstić information content (AvgIpc) is 2.69. The first-order chi connectivity index (χ1) is 7.91. The van der Waals surface area contributed by atoms with Crippen molar-refractivity contribution >= 4 is 27.4 Å². The fourth-order valence-electron chi connectivity index (χ4n) is 1.75. The lowest BCUT2D eigenvalue weighted by molar-refractivity contribution is 0.472. The normalized spacial score (nSPS) is 21.9. The van der Waals surface area contributed by atoms with Crippen LogP contribution in [0.1, 0.15) is 6.42 Å². The Morgan fingerprint density at radius 2 is 2.24 bits per heavy atom. The number of halogens is 1. The van der Waals surface area contributed by atoms with E-state index in [1.165, 1.54) is 16.6 Å². The summed E-state index contributed by atoms with van der Waals surface area (Å²) in [5.41, 5.74) is 11.3. The molecule has 6 nitrogen and oxygen atoms in total. The lowest BCUT2D eigenvalue weighted by Crippen LogP contribution is -2.32. The largest absolute Gasteiger partial charge is 0.383 e. The summed E-state index contributed by atoms with van der Waals surface area (Å²) >= 11 is 5.73. The van der Waals surface area contributed by atoms with Crippen LogP contribution < -0.4 is 11.5 Å². The van der Waals surface area contributed by atoms with Crippen molar-refractivity contribution in [3.05, 3.63) is 17.3 Å². The molecule has 0 amide bonds. The van der Waals surface area contributed by atoms with Gasteiger partial charge in [0.15, 0.2) is 0 Å². The van der Waals surface area contributed by atoms with E-state index in [1.807, 2.05) is 0 Å². The number of anilines is 1. The summed E-state index contributed by atoms with van der Waals surface area (Å²) in [5, 5.41) is 0.237. The number of hydrogen-bond acceptors (Lipinski definition) is 5. The highest BCUT2D eigenvalue weighted by atomic mass is 35.5. The molecule has 1 aliphatic rings. The molecule has 1 aromatic heterocycles. The second kappa shape index (κ2) is 4.41. The lowest BCUT2D eigenvalue weighted by Gasteiger charge is -2.16. The summed E-state index contributed by atoms with van der Waals surface area (Å²) in [6, 6.07) is 1.18. The topological polar surface area (TPSA) is 102 Å². The number of sulfonamides is 1. The molecule has 1 atom stereocenters. The van der Waals surface area contributed by atoms with Crippen LogP contribution in [0, 0.1) is 0 Å². The van der Waals surface area contributed by atoms with Crippen molar-refractivity contribution in [2.45, 2.75) is 17.4 Å². The van der Waals surface area contributed by atoms with Crippen molar-refractivity contribution in [3.8, 4) is 0 Å². The summed E-state index contributed by atoms with van der Waals surface area (Å²) < 4.78 is 25.8. The molecule has 0 saturated carbocycles. The zero-order valence-electron chi connectivity index (χ0n) is 9.01. The second-order valence-corrected chi connectivity index (χ2v) is 6.29. The first-order valence-electron chi connectivity index (χ1n) is 5.08. The van der Waals surface area contributed by atoms with Crippen molar-refractivity contribution in [1.29, 1.82) is 0 Å². The third-order valence-electron chi connectivity index (χ3n) is 2.65. The van der Waals surface area contributed by atoms with E-state index in [0.29, 0.717) is 19.5 Å². The highest BCUT2D eigenvalue weighted by Crippen LogP contribution is 2.25. The Kier molecular flexibility index (Phi) is 3.26. The van der Waals surface area contributed by atoms with E-state index in [-0.39, 0.29) is 21.8 Å². The molecule has 0 bridgehead atoms. The summed E-state index contributed by atoms with van der Waals surface area (Å²) in [5.74, 6) is -0.0464. The number of nitrogens with zero attached hydrogens (tertiary/aromatic N) is 2. The van der Waals surface area contributed by atoms with Crippen LogP contribution in [0.15, 0.2) is 17.2 Å². The summed E-state index contributed by atoms with van der Waals surface area (Å²) in [6.45, 7) is 0.698. The Labute approximate surface area is 105 Å². The standard InChI is InChI=1S/C9H13ClN4O2S/c10-6-3-8(9(12)13-4-6)17(15,16)14-2-1-7(11)5-14/h3-4,7H,1-2,5,11H2,(H2,12,13). The third kappa shape index (κ3) is 2.37. The number of pyridine rings is 1. The molecule has 0 aromatic carbocycles. The van der Waals surface area contributed by atoms with Crippen LogP contribution in [-0.2, 0) is 10.0 Å². The van der Waals surface area contributed by atoms with E-state index in [2.05, 4.69) is 4.98 Å². The minimum Gasteiger partial charge on any atom is -0.383 e. The zero-order chi connectivity index (χ0) is 12.6. The predicted octanol–water partition coefficient (Wildman–Crippen LogP) is 0.0389. The molecule has 1 aromatic rings. The Hall–Kier alpha value is -0.890. The summed E-state index contributed by atoms with van der Waals surface area (Å²) in [7, 11) is -3.64. The SMILES string of the molecule is Nc1ncc(Cl)cc1S(=O)(=O)N1CCC(N)C1. The Morgan fingerprint density at radius 1 is 1.53 bits per heavy atom. The van der Waals surface area contributed by atoms with E-state index in [9.17, 15) is 8.42 Å². The number of nitrogen functional groups attached to an aromatic ring is 1. The van der Waals surface area contributed by atoms with Gasteiger partial charge in [-0.3, -0.25) is 0 Å². The molecule has 1 unspecified atom stereocenters. The van der Waals surface area contributed by atoms with Crippen LogP contribution in [0.3, 0.4) is 0 Å². The number of nitrogens with two attached hydrogens (primary N) is 2. The highest BCUT2D eigenvalue weighted by molar-refractivity contribution is 7.89. The van der Waals surface area contributed by atoms with Crippen LogP contribution in [0.4, 0.5) is 5.82 Å². The molecule has 17 heavy (non-hydrogen) atoms. The quantitative estimate of drug-likeness (QED) is 0.794. The molecule has 8 heteroatoms. The Balaban J connectivity index is 2.41. The minimum atomic E-state index is -3.64. The Bertz CT molecular complexity index is 534. The third-order valence-corrected chi connectivity index (χ3v) is 4.75. The van der Waals surface area contributed by atoms with Crippen molar-refractivity contribution in [2.24, 2.45) is 5.73 Å². The van der Waals surface area contributed by atoms with Crippen molar-refractivity contribution in [2.75, 3.05) is 18.8 Å². The minimum absolute atomic E-state index is 0.0464. The fraction of sp³-hybridized carbons (Fsp3) is 0.444. The van der Waals surface area contributed by atoms with E-state index >= 15 is 0 Å². The van der Waals surface area contributed by atoms with E-state index < -0.39 is 10.0 Å². The monoisotopic (exact) mass is 276 g/mol. The molecule has 1 aliphatic heterocycles. The maximum absolute atomic E-state index is 12.2. The van der Waals surface area contributed by atoms with Crippen molar-refractivity contribution < 1.29 is 8.42 Å². The van der Waals surface area contributed by atoms with Gasteiger partial charge in [-0.25, -0.2) is 13.4 Å². The second-order valence-electron chi connectivity index (χ2n) is 3.95. The van der Waals surface area contributed by atoms with Gasteiger partial charge in [-0.15, -0.1) is 0 Å². The highest BCUT2D eigenvalue weighted by Gasteiger charge is 2.32. The molecule has 0 aliphatic carbocycles. The first-order valence-corrected chi connectivity index (χ1v) is 6.90.